The van der Waals surface area contributed by atoms with Gasteiger partial charge in [0.1, 0.15) is 12.1 Å². The summed E-state index contributed by atoms with van der Waals surface area (Å²) in [6.07, 6.45) is 3.90. The van der Waals surface area contributed by atoms with Crippen LogP contribution in [-0.2, 0) is 30.4 Å². The van der Waals surface area contributed by atoms with Crippen molar-refractivity contribution in [3.63, 3.8) is 0 Å². The zero-order valence-corrected chi connectivity index (χ0v) is 30.6. The minimum atomic E-state index is -1.76. The van der Waals surface area contributed by atoms with Gasteiger partial charge in [-0.2, -0.15) is 0 Å². The van der Waals surface area contributed by atoms with Crippen LogP contribution in [-0.4, -0.2) is 73.8 Å². The highest BCUT2D eigenvalue weighted by molar-refractivity contribution is 6.00. The Morgan fingerprint density at radius 3 is 1.49 bits per heavy atom. The van der Waals surface area contributed by atoms with E-state index in [4.69, 9.17) is 4.42 Å². The number of anilines is 2. The van der Waals surface area contributed by atoms with Crippen molar-refractivity contribution in [2.24, 2.45) is 0 Å². The van der Waals surface area contributed by atoms with Gasteiger partial charge in [-0.1, -0.05) is 60.7 Å². The first-order valence-electron chi connectivity index (χ1n) is 18.4. The molecule has 5 aromatic rings. The molecule has 12 nitrogen and oxygen atoms in total. The highest BCUT2D eigenvalue weighted by atomic mass is 16.4. The highest BCUT2D eigenvalue weighted by Gasteiger charge is 2.44. The second-order valence-electron chi connectivity index (χ2n) is 14.4. The van der Waals surface area contributed by atoms with Crippen molar-refractivity contribution in [2.75, 3.05) is 23.7 Å². The molecular formula is C43H43N5O7. The summed E-state index contributed by atoms with van der Waals surface area (Å²) in [7, 11) is 0. The second-order valence-corrected chi connectivity index (χ2v) is 14.4. The standard InChI is InChI=1S/C43H43N5O7/c1-42(53,30-11-5-3-6-12-30)40(51)47-25-9-15-34(47)37(49)45-32-21-17-28(18-22-32)36-27-44-39(55-36)29-19-23-33(24-20-29)46-38(50)35-16-10-26-48(35)41(52)43(2,54)31-13-7-4-8-14-31/h3-8,11-14,17-24,27,34-35,53-54H,9-10,15-16,25-26H2,1-2H3,(H,45,49)(H,46,50)/t34-,35-,42-,43?/m0/s1. The Labute approximate surface area is 318 Å². The van der Waals surface area contributed by atoms with Crippen LogP contribution in [0, 0.1) is 0 Å². The van der Waals surface area contributed by atoms with E-state index in [1.807, 2.05) is 12.1 Å². The number of hydrogen-bond acceptors (Lipinski definition) is 8. The van der Waals surface area contributed by atoms with Gasteiger partial charge in [0.05, 0.1) is 6.20 Å². The maximum atomic E-state index is 13.4. The number of amides is 4. The summed E-state index contributed by atoms with van der Waals surface area (Å²) in [6.45, 7) is 3.67. The number of carbonyl (C=O) groups excluding carboxylic acids is 4. The van der Waals surface area contributed by atoms with Crippen LogP contribution >= 0.6 is 0 Å². The van der Waals surface area contributed by atoms with Gasteiger partial charge in [0.25, 0.3) is 11.8 Å². The minimum absolute atomic E-state index is 0.325. The Morgan fingerprint density at radius 2 is 1.05 bits per heavy atom. The monoisotopic (exact) mass is 741 g/mol. The average molecular weight is 742 g/mol. The molecule has 0 aliphatic carbocycles. The van der Waals surface area contributed by atoms with Gasteiger partial charge in [-0.05, 0) is 99.2 Å². The molecular weight excluding hydrogens is 699 g/mol. The van der Waals surface area contributed by atoms with Crippen LogP contribution < -0.4 is 10.6 Å². The molecule has 0 radical (unpaired) electrons. The Kier molecular flexibility index (Phi) is 10.4. The summed E-state index contributed by atoms with van der Waals surface area (Å²) in [5.41, 5.74) is -0.0659. The molecule has 0 saturated carbocycles. The maximum Gasteiger partial charge on any atom is 0.259 e. The van der Waals surface area contributed by atoms with Crippen molar-refractivity contribution in [3.8, 4) is 22.8 Å². The van der Waals surface area contributed by atoms with E-state index >= 15 is 0 Å². The first kappa shape index (κ1) is 37.2. The first-order chi connectivity index (χ1) is 26.4. The van der Waals surface area contributed by atoms with Crippen molar-refractivity contribution in [3.05, 3.63) is 127 Å². The predicted octanol–water partition coefficient (Wildman–Crippen LogP) is 5.68. The van der Waals surface area contributed by atoms with Crippen molar-refractivity contribution in [1.29, 1.82) is 0 Å². The lowest BCUT2D eigenvalue weighted by Crippen LogP contribution is -2.50. The Balaban J connectivity index is 0.950. The van der Waals surface area contributed by atoms with Gasteiger partial charge in [-0.15, -0.1) is 0 Å². The fourth-order valence-electron chi connectivity index (χ4n) is 7.30. The normalized spacial score (nSPS) is 19.0. The lowest BCUT2D eigenvalue weighted by molar-refractivity contribution is -0.153. The molecule has 3 heterocycles. The number of nitrogens with one attached hydrogen (secondary N) is 2. The molecule has 7 rings (SSSR count). The van der Waals surface area contributed by atoms with E-state index in [1.54, 1.807) is 103 Å². The zero-order chi connectivity index (χ0) is 38.7. The topological polar surface area (TPSA) is 165 Å². The Bertz CT molecular complexity index is 2010. The highest BCUT2D eigenvalue weighted by Crippen LogP contribution is 2.32. The Morgan fingerprint density at radius 1 is 0.636 bits per heavy atom. The van der Waals surface area contributed by atoms with Crippen LogP contribution in [0.1, 0.15) is 50.7 Å². The maximum absolute atomic E-state index is 13.4. The molecule has 2 fully saturated rings. The van der Waals surface area contributed by atoms with Gasteiger partial charge in [0.15, 0.2) is 17.0 Å². The number of carbonyl (C=O) groups is 4. The summed E-state index contributed by atoms with van der Waals surface area (Å²) in [5, 5.41) is 28.0. The molecule has 0 spiro atoms. The van der Waals surface area contributed by atoms with E-state index in [2.05, 4.69) is 15.6 Å². The summed E-state index contributed by atoms with van der Waals surface area (Å²) >= 11 is 0. The molecule has 2 aliphatic heterocycles. The van der Waals surface area contributed by atoms with Gasteiger partial charge in [-0.3, -0.25) is 19.2 Å². The molecule has 4 N–H and O–H groups in total. The van der Waals surface area contributed by atoms with Gasteiger partial charge in [0.2, 0.25) is 17.7 Å². The molecule has 4 aromatic carbocycles. The molecule has 4 atom stereocenters. The third-order valence-electron chi connectivity index (χ3n) is 10.5. The minimum Gasteiger partial charge on any atom is -0.436 e. The lowest BCUT2D eigenvalue weighted by Gasteiger charge is -2.31. The van der Waals surface area contributed by atoms with Crippen molar-refractivity contribution < 1.29 is 33.8 Å². The van der Waals surface area contributed by atoms with Crippen LogP contribution in [0.5, 0.6) is 0 Å². The number of hydrogen-bond donors (Lipinski definition) is 4. The molecule has 4 amide bonds. The van der Waals surface area contributed by atoms with E-state index in [0.29, 0.717) is 78.5 Å². The SMILES string of the molecule is CC(O)(C(=O)N1CCC[C@H]1C(=O)Nc1ccc(-c2ncc(-c3ccc(NC(=O)[C@@H]4CCCN4C(=O)[C@@](C)(O)c4ccccc4)cc3)o2)cc1)c1ccccc1. The quantitative estimate of drug-likeness (QED) is 0.142. The number of nitrogens with zero attached hydrogens (tertiary/aromatic N) is 3. The van der Waals surface area contributed by atoms with E-state index in [0.717, 1.165) is 5.56 Å². The predicted molar refractivity (Wildman–Crippen MR) is 206 cm³/mol. The largest absolute Gasteiger partial charge is 0.436 e. The number of aromatic nitrogens is 1. The van der Waals surface area contributed by atoms with Crippen LogP contribution in [0.2, 0.25) is 0 Å². The smallest absolute Gasteiger partial charge is 0.259 e. The average Bonchev–Trinajstić information content (AvgIpc) is 4.01. The summed E-state index contributed by atoms with van der Waals surface area (Å²) in [6, 6.07) is 30.1. The summed E-state index contributed by atoms with van der Waals surface area (Å²) < 4.78 is 6.06. The fourth-order valence-corrected chi connectivity index (χ4v) is 7.30. The van der Waals surface area contributed by atoms with Gasteiger partial charge >= 0.3 is 0 Å². The number of benzene rings is 4. The third kappa shape index (κ3) is 7.64. The summed E-state index contributed by atoms with van der Waals surface area (Å²) in [4.78, 5) is 60.8. The molecule has 55 heavy (non-hydrogen) atoms. The third-order valence-corrected chi connectivity index (χ3v) is 10.5. The molecule has 1 aromatic heterocycles. The molecule has 0 bridgehead atoms. The first-order valence-corrected chi connectivity index (χ1v) is 18.4. The van der Waals surface area contributed by atoms with Gasteiger partial charge in [-0.25, -0.2) is 4.98 Å². The zero-order valence-electron chi connectivity index (χ0n) is 30.6. The Hall–Kier alpha value is -6.11. The fraction of sp³-hybridized carbons (Fsp3) is 0.279. The molecule has 2 saturated heterocycles. The van der Waals surface area contributed by atoms with E-state index in [-0.39, 0.29) is 11.8 Å². The van der Waals surface area contributed by atoms with Gasteiger partial charge in [0, 0.05) is 35.6 Å². The van der Waals surface area contributed by atoms with E-state index in [9.17, 15) is 29.4 Å². The van der Waals surface area contributed by atoms with E-state index in [1.165, 1.54) is 23.6 Å². The van der Waals surface area contributed by atoms with Crippen molar-refractivity contribution in [1.82, 2.24) is 14.8 Å². The number of likely N-dealkylation sites (tertiary alicyclic amines) is 2. The molecule has 282 valence electrons. The van der Waals surface area contributed by atoms with Gasteiger partial charge < -0.3 is 35.1 Å². The van der Waals surface area contributed by atoms with Crippen molar-refractivity contribution in [2.45, 2.75) is 62.8 Å². The molecule has 1 unspecified atom stereocenters. The summed E-state index contributed by atoms with van der Waals surface area (Å²) in [5.74, 6) is -0.784. The van der Waals surface area contributed by atoms with Crippen LogP contribution in [0.4, 0.5) is 11.4 Å². The van der Waals surface area contributed by atoms with Crippen molar-refractivity contribution >= 4 is 35.0 Å². The molecule has 2 aliphatic rings. The second kappa shape index (κ2) is 15.3. The van der Waals surface area contributed by atoms with Crippen LogP contribution in [0.15, 0.2) is 120 Å². The lowest BCUT2D eigenvalue weighted by atomic mass is 9.94. The number of oxazole rings is 1. The van der Waals surface area contributed by atoms with E-state index < -0.39 is 35.1 Å². The number of rotatable bonds is 10. The van der Waals surface area contributed by atoms with Crippen LogP contribution in [0.3, 0.4) is 0 Å². The number of aliphatic hydroxyl groups is 2. The molecule has 12 heteroatoms. The van der Waals surface area contributed by atoms with Crippen LogP contribution in [0.25, 0.3) is 22.8 Å².